The molecule has 0 radical (unpaired) electrons. The number of hydrogen-bond donors (Lipinski definition) is 2. The number of benzene rings is 2. The van der Waals surface area contributed by atoms with E-state index in [1.165, 1.54) is 6.21 Å². The maximum atomic E-state index is 12.1. The first kappa shape index (κ1) is 27.6. The smallest absolute Gasteiger partial charge is 0.244 e. The Morgan fingerprint density at radius 3 is 1.69 bits per heavy atom. The zero-order valence-electron chi connectivity index (χ0n) is 20.9. The Labute approximate surface area is 207 Å². The maximum Gasteiger partial charge on any atom is 0.244 e. The second kappa shape index (κ2) is 16.0. The second-order valence-corrected chi connectivity index (χ2v) is 8.13. The van der Waals surface area contributed by atoms with Gasteiger partial charge in [0.1, 0.15) is 11.5 Å². The van der Waals surface area contributed by atoms with Crippen LogP contribution < -0.4 is 20.3 Å². The van der Waals surface area contributed by atoms with Crippen molar-refractivity contribution in [2.75, 3.05) is 13.2 Å². The van der Waals surface area contributed by atoms with E-state index in [9.17, 15) is 9.59 Å². The van der Waals surface area contributed by atoms with Crippen LogP contribution in [0.1, 0.15) is 57.6 Å². The summed E-state index contributed by atoms with van der Waals surface area (Å²) in [5.41, 5.74) is 7.13. The first-order valence-electron chi connectivity index (χ1n) is 12.1. The number of unbranched alkanes of at least 4 members (excludes halogenated alkanes) is 2. The third kappa shape index (κ3) is 11.8. The average molecular weight is 481 g/mol. The molecule has 0 spiro atoms. The number of rotatable bonds is 15. The summed E-state index contributed by atoms with van der Waals surface area (Å²) in [6.45, 7) is 7.28. The van der Waals surface area contributed by atoms with Gasteiger partial charge in [0, 0.05) is 0 Å². The fourth-order valence-corrected chi connectivity index (χ4v) is 2.90. The molecule has 2 rings (SSSR count). The molecule has 0 unspecified atom stereocenters. The van der Waals surface area contributed by atoms with Crippen LogP contribution in [0.3, 0.4) is 0 Å². The Morgan fingerprint density at radius 2 is 1.23 bits per heavy atom. The van der Waals surface area contributed by atoms with Crippen molar-refractivity contribution in [1.29, 1.82) is 0 Å². The summed E-state index contributed by atoms with van der Waals surface area (Å²) in [4.78, 5) is 24.2. The molecule has 2 N–H and O–H groups in total. The van der Waals surface area contributed by atoms with E-state index in [-0.39, 0.29) is 24.7 Å². The number of hydrogen-bond acceptors (Lipinski definition) is 6. The highest BCUT2D eigenvalue weighted by Crippen LogP contribution is 2.14. The Balaban J connectivity index is 1.70. The quantitative estimate of drug-likeness (QED) is 0.224. The molecule has 8 heteroatoms. The Morgan fingerprint density at radius 1 is 0.771 bits per heavy atom. The minimum absolute atomic E-state index is 0.196. The van der Waals surface area contributed by atoms with Gasteiger partial charge in [-0.3, -0.25) is 9.59 Å². The van der Waals surface area contributed by atoms with Crippen molar-refractivity contribution in [1.82, 2.24) is 10.9 Å². The predicted molar refractivity (Wildman–Crippen MR) is 139 cm³/mol. The molecule has 2 aromatic rings. The van der Waals surface area contributed by atoms with Crippen molar-refractivity contribution in [3.63, 3.8) is 0 Å². The molecule has 0 saturated heterocycles. The van der Waals surface area contributed by atoms with Crippen LogP contribution in [0.2, 0.25) is 0 Å². The zero-order valence-corrected chi connectivity index (χ0v) is 20.9. The number of carbonyl (C=O) groups excluding carboxylic acids is 2. The maximum absolute atomic E-state index is 12.1. The molecular weight excluding hydrogens is 444 g/mol. The molecule has 2 aromatic carbocycles. The highest BCUT2D eigenvalue weighted by Gasteiger charge is 2.04. The molecule has 0 fully saturated rings. The molecule has 0 heterocycles. The normalized spacial score (nSPS) is 11.3. The molecular formula is C27H36N4O4. The summed E-state index contributed by atoms with van der Waals surface area (Å²) in [6, 6.07) is 14.9. The summed E-state index contributed by atoms with van der Waals surface area (Å²) in [7, 11) is 0. The Kier molecular flexibility index (Phi) is 12.6. The van der Waals surface area contributed by atoms with Crippen molar-refractivity contribution in [2.24, 2.45) is 10.2 Å². The molecule has 0 bridgehead atoms. The minimum Gasteiger partial charge on any atom is -0.494 e. The summed E-state index contributed by atoms with van der Waals surface area (Å²) in [5.74, 6) is 1.09. The number of nitrogens with zero attached hydrogens (tertiary/aromatic N) is 2. The largest absolute Gasteiger partial charge is 0.494 e. The molecule has 0 saturated carbocycles. The molecule has 0 aliphatic rings. The highest BCUT2D eigenvalue weighted by atomic mass is 16.5. The van der Waals surface area contributed by atoms with Gasteiger partial charge in [0.2, 0.25) is 11.8 Å². The molecule has 0 aliphatic carbocycles. The topological polar surface area (TPSA) is 101 Å². The molecule has 2 amide bonds. The van der Waals surface area contributed by atoms with Gasteiger partial charge in [-0.1, -0.05) is 51.0 Å². The second-order valence-electron chi connectivity index (χ2n) is 8.13. The molecule has 8 nitrogen and oxygen atoms in total. The van der Waals surface area contributed by atoms with E-state index in [1.807, 2.05) is 48.5 Å². The van der Waals surface area contributed by atoms with Crippen LogP contribution in [0.15, 0.2) is 58.7 Å². The van der Waals surface area contributed by atoms with E-state index in [1.54, 1.807) is 6.92 Å². The molecule has 0 aliphatic heterocycles. The Hall–Kier alpha value is -3.68. The highest BCUT2D eigenvalue weighted by molar-refractivity contribution is 6.29. The fraction of sp³-hybridized carbons (Fsp3) is 0.407. The van der Waals surface area contributed by atoms with Crippen LogP contribution in [-0.2, 0) is 22.4 Å². The number of amides is 2. The summed E-state index contributed by atoms with van der Waals surface area (Å²) < 4.78 is 11.2. The summed E-state index contributed by atoms with van der Waals surface area (Å²) in [6.07, 6.45) is 5.96. The van der Waals surface area contributed by atoms with E-state index in [2.05, 4.69) is 34.9 Å². The van der Waals surface area contributed by atoms with Crippen molar-refractivity contribution in [3.8, 4) is 11.5 Å². The SMILES string of the molecule is CCCCOc1ccc(CC(=O)N/N=C(C)\C=N\NC(=O)Cc2ccc(OCCCC)cc2)cc1. The van der Waals surface area contributed by atoms with E-state index < -0.39 is 0 Å². The zero-order chi connectivity index (χ0) is 25.3. The van der Waals surface area contributed by atoms with Gasteiger partial charge < -0.3 is 9.47 Å². The Bertz CT molecular complexity index is 970. The van der Waals surface area contributed by atoms with E-state index >= 15 is 0 Å². The lowest BCUT2D eigenvalue weighted by molar-refractivity contribution is -0.121. The molecule has 0 atom stereocenters. The van der Waals surface area contributed by atoms with Gasteiger partial charge in [0.05, 0.1) is 38.0 Å². The minimum atomic E-state index is -0.250. The fourth-order valence-electron chi connectivity index (χ4n) is 2.90. The van der Waals surface area contributed by atoms with E-state index in [0.29, 0.717) is 18.9 Å². The first-order valence-corrected chi connectivity index (χ1v) is 12.1. The van der Waals surface area contributed by atoms with Crippen LogP contribution in [0.25, 0.3) is 0 Å². The lowest BCUT2D eigenvalue weighted by atomic mass is 10.1. The molecule has 188 valence electrons. The molecule has 0 aromatic heterocycles. The lowest BCUT2D eigenvalue weighted by Crippen LogP contribution is -2.22. The van der Waals surface area contributed by atoms with Crippen LogP contribution >= 0.6 is 0 Å². The van der Waals surface area contributed by atoms with E-state index in [0.717, 1.165) is 48.3 Å². The third-order valence-corrected chi connectivity index (χ3v) is 4.91. The van der Waals surface area contributed by atoms with Crippen LogP contribution in [-0.4, -0.2) is 37.0 Å². The summed E-state index contributed by atoms with van der Waals surface area (Å²) >= 11 is 0. The van der Waals surface area contributed by atoms with Crippen molar-refractivity contribution >= 4 is 23.7 Å². The van der Waals surface area contributed by atoms with Gasteiger partial charge in [0.15, 0.2) is 0 Å². The third-order valence-electron chi connectivity index (χ3n) is 4.91. The molecule has 35 heavy (non-hydrogen) atoms. The van der Waals surface area contributed by atoms with Gasteiger partial charge in [-0.05, 0) is 55.2 Å². The van der Waals surface area contributed by atoms with Gasteiger partial charge in [0.25, 0.3) is 0 Å². The number of carbonyl (C=O) groups is 2. The summed E-state index contributed by atoms with van der Waals surface area (Å²) in [5, 5.41) is 7.88. The van der Waals surface area contributed by atoms with Crippen LogP contribution in [0.4, 0.5) is 0 Å². The number of nitrogens with one attached hydrogen (secondary N) is 2. The van der Waals surface area contributed by atoms with Crippen LogP contribution in [0, 0.1) is 0 Å². The van der Waals surface area contributed by atoms with Gasteiger partial charge in [-0.25, -0.2) is 10.9 Å². The first-order chi connectivity index (χ1) is 17.0. The van der Waals surface area contributed by atoms with Crippen molar-refractivity contribution in [2.45, 2.75) is 59.3 Å². The number of ether oxygens (including phenoxy) is 2. The van der Waals surface area contributed by atoms with Gasteiger partial charge >= 0.3 is 0 Å². The number of hydrazone groups is 2. The van der Waals surface area contributed by atoms with Crippen molar-refractivity contribution in [3.05, 3.63) is 59.7 Å². The van der Waals surface area contributed by atoms with Crippen molar-refractivity contribution < 1.29 is 19.1 Å². The monoisotopic (exact) mass is 480 g/mol. The standard InChI is InChI=1S/C27H36N4O4/c1-4-6-16-34-24-12-8-22(9-13-24)18-26(32)30-28-20-21(3)29-31-27(33)19-23-10-14-25(15-11-23)35-17-7-5-2/h8-15,20H,4-7,16-19H2,1-3H3,(H,30,32)(H,31,33)/b28-20+,29-21-. The average Bonchev–Trinajstić information content (AvgIpc) is 2.85. The predicted octanol–water partition coefficient (Wildman–Crippen LogP) is 4.42. The van der Waals surface area contributed by atoms with Gasteiger partial charge in [-0.2, -0.15) is 10.2 Å². The van der Waals surface area contributed by atoms with Gasteiger partial charge in [-0.15, -0.1) is 0 Å². The lowest BCUT2D eigenvalue weighted by Gasteiger charge is -2.06. The van der Waals surface area contributed by atoms with E-state index in [4.69, 9.17) is 9.47 Å². The van der Waals surface area contributed by atoms with Crippen LogP contribution in [0.5, 0.6) is 11.5 Å².